The third-order valence-electron chi connectivity index (χ3n) is 4.69. The van der Waals surface area contributed by atoms with Gasteiger partial charge in [0.25, 0.3) is 0 Å². The highest BCUT2D eigenvalue weighted by molar-refractivity contribution is 7.26. The minimum absolute atomic E-state index is 0.893. The van der Waals surface area contributed by atoms with Crippen molar-refractivity contribution < 1.29 is 0 Å². The molecule has 5 heterocycles. The van der Waals surface area contributed by atoms with E-state index in [0.29, 0.717) is 0 Å². The van der Waals surface area contributed by atoms with Gasteiger partial charge in [0.2, 0.25) is 0 Å². The molecular formula is C25H18N2S3. The van der Waals surface area contributed by atoms with Crippen LogP contribution in [0.4, 0.5) is 0 Å². The van der Waals surface area contributed by atoms with Crippen LogP contribution in [0, 0.1) is 6.92 Å². The number of aryl methyl sites for hydroxylation is 1. The smallest absolute Gasteiger partial charge is 0.0892 e. The van der Waals surface area contributed by atoms with E-state index in [4.69, 9.17) is 0 Å². The largest absolute Gasteiger partial charge is 0.255 e. The highest BCUT2D eigenvalue weighted by Gasteiger charge is 2.12. The number of aromatic nitrogens is 2. The van der Waals surface area contributed by atoms with Gasteiger partial charge in [0.05, 0.1) is 16.3 Å². The lowest BCUT2D eigenvalue weighted by Crippen LogP contribution is -1.88. The van der Waals surface area contributed by atoms with Gasteiger partial charge in [-0.25, -0.2) is 0 Å². The van der Waals surface area contributed by atoms with Gasteiger partial charge in [-0.1, -0.05) is 24.3 Å². The van der Waals surface area contributed by atoms with Crippen molar-refractivity contribution in [2.24, 2.45) is 0 Å². The van der Waals surface area contributed by atoms with Crippen LogP contribution in [-0.4, -0.2) is 9.97 Å². The lowest BCUT2D eigenvalue weighted by molar-refractivity contribution is 1.23. The number of hydrogen-bond donors (Lipinski definition) is 0. The van der Waals surface area contributed by atoms with Gasteiger partial charge >= 0.3 is 0 Å². The number of hydrogen-bond acceptors (Lipinski definition) is 5. The fraction of sp³-hybridized carbons (Fsp3) is 0.0400. The fourth-order valence-corrected chi connectivity index (χ4v) is 6.07. The summed E-state index contributed by atoms with van der Waals surface area (Å²) in [6, 6.07) is 19.1. The third-order valence-corrected chi connectivity index (χ3v) is 7.95. The molecule has 0 aliphatic heterocycles. The van der Waals surface area contributed by atoms with Crippen molar-refractivity contribution in [3.8, 4) is 30.9 Å². The molecule has 5 heteroatoms. The zero-order valence-electron chi connectivity index (χ0n) is 16.3. The molecular weight excluding hydrogens is 424 g/mol. The average molecular weight is 443 g/mol. The number of thiophene rings is 3. The summed E-state index contributed by atoms with van der Waals surface area (Å²) in [6.45, 7) is 2.07. The van der Waals surface area contributed by atoms with Crippen molar-refractivity contribution in [2.45, 2.75) is 6.92 Å². The van der Waals surface area contributed by atoms with E-state index in [1.54, 1.807) is 22.7 Å². The molecule has 146 valence electrons. The molecule has 0 aliphatic carbocycles. The second kappa shape index (κ2) is 8.48. The van der Waals surface area contributed by atoms with Gasteiger partial charge < -0.3 is 0 Å². The first-order valence-electron chi connectivity index (χ1n) is 9.55. The van der Waals surface area contributed by atoms with Crippen molar-refractivity contribution in [3.05, 3.63) is 94.4 Å². The molecule has 5 rings (SSSR count). The molecule has 0 unspecified atom stereocenters. The predicted molar refractivity (Wildman–Crippen MR) is 132 cm³/mol. The molecule has 30 heavy (non-hydrogen) atoms. The SMILES string of the molecule is Cc1ccnc(-c2cc(/C=C/c3cc(-c4cccs4)sc3-c3cccs3)ccn2)c1. The molecule has 0 aliphatic rings. The number of pyridine rings is 2. The molecule has 5 aromatic heterocycles. The van der Waals surface area contributed by atoms with E-state index in [9.17, 15) is 0 Å². The van der Waals surface area contributed by atoms with Gasteiger partial charge in [0, 0.05) is 27.0 Å². The number of rotatable bonds is 5. The van der Waals surface area contributed by atoms with Crippen LogP contribution in [-0.2, 0) is 0 Å². The number of nitrogens with zero attached hydrogens (tertiary/aromatic N) is 2. The van der Waals surface area contributed by atoms with E-state index >= 15 is 0 Å². The van der Waals surface area contributed by atoms with Crippen LogP contribution in [0.2, 0.25) is 0 Å². The Morgan fingerprint density at radius 1 is 0.733 bits per heavy atom. The Bertz CT molecular complexity index is 1300. The van der Waals surface area contributed by atoms with E-state index in [0.717, 1.165) is 17.0 Å². The summed E-state index contributed by atoms with van der Waals surface area (Å²) >= 11 is 5.43. The fourth-order valence-electron chi connectivity index (χ4n) is 3.22. The molecule has 0 bridgehead atoms. The molecule has 0 amide bonds. The summed E-state index contributed by atoms with van der Waals surface area (Å²) in [5, 5.41) is 4.27. The molecule has 0 saturated carbocycles. The molecule has 0 N–H and O–H groups in total. The maximum Gasteiger partial charge on any atom is 0.0892 e. The van der Waals surface area contributed by atoms with Crippen molar-refractivity contribution in [1.82, 2.24) is 9.97 Å². The van der Waals surface area contributed by atoms with E-state index in [2.05, 4.69) is 82.3 Å². The maximum atomic E-state index is 4.51. The van der Waals surface area contributed by atoms with Crippen molar-refractivity contribution in [3.63, 3.8) is 0 Å². The van der Waals surface area contributed by atoms with Crippen LogP contribution in [0.1, 0.15) is 16.7 Å². The van der Waals surface area contributed by atoms with Gasteiger partial charge in [0.1, 0.15) is 0 Å². The minimum Gasteiger partial charge on any atom is -0.255 e. The lowest BCUT2D eigenvalue weighted by atomic mass is 10.1. The summed E-state index contributed by atoms with van der Waals surface area (Å²) in [6.07, 6.45) is 8.06. The molecule has 5 aromatic rings. The second-order valence-electron chi connectivity index (χ2n) is 6.88. The summed E-state index contributed by atoms with van der Waals surface area (Å²) in [5.41, 5.74) is 5.34. The quantitative estimate of drug-likeness (QED) is 0.274. The molecule has 0 saturated heterocycles. The highest BCUT2D eigenvalue weighted by Crippen LogP contribution is 2.42. The molecule has 0 atom stereocenters. The third kappa shape index (κ3) is 4.05. The van der Waals surface area contributed by atoms with E-state index in [-0.39, 0.29) is 0 Å². The average Bonchev–Trinajstić information content (AvgIpc) is 3.54. The molecule has 0 fully saturated rings. The Hall–Kier alpha value is -2.86. The zero-order chi connectivity index (χ0) is 20.3. The summed E-state index contributed by atoms with van der Waals surface area (Å²) in [5.74, 6) is 0. The minimum atomic E-state index is 0.893. The standard InChI is InChI=1S/C25H18N2S3/c1-17-8-10-26-20(14-17)21-15-18(9-11-27-21)6-7-19-16-24(22-4-2-12-28-22)30-25(19)23-5-3-13-29-23/h2-16H,1H3/b7-6+. The molecule has 0 aromatic carbocycles. The summed E-state index contributed by atoms with van der Waals surface area (Å²) in [7, 11) is 0. The van der Waals surface area contributed by atoms with Gasteiger partial charge in [-0.05, 0) is 76.8 Å². The van der Waals surface area contributed by atoms with Crippen LogP contribution < -0.4 is 0 Å². The van der Waals surface area contributed by atoms with E-state index in [1.807, 2.05) is 35.9 Å². The second-order valence-corrected chi connectivity index (χ2v) is 9.82. The van der Waals surface area contributed by atoms with Crippen molar-refractivity contribution in [1.29, 1.82) is 0 Å². The summed E-state index contributed by atoms with van der Waals surface area (Å²) < 4.78 is 0. The Morgan fingerprint density at radius 3 is 2.20 bits per heavy atom. The van der Waals surface area contributed by atoms with Crippen LogP contribution in [0.25, 0.3) is 43.0 Å². The first-order valence-corrected chi connectivity index (χ1v) is 12.1. The van der Waals surface area contributed by atoms with Crippen LogP contribution in [0.5, 0.6) is 0 Å². The Kier molecular flexibility index (Phi) is 5.41. The lowest BCUT2D eigenvalue weighted by Gasteiger charge is -2.02. The van der Waals surface area contributed by atoms with Gasteiger partial charge in [-0.3, -0.25) is 9.97 Å². The first kappa shape index (κ1) is 19.1. The molecule has 2 nitrogen and oxygen atoms in total. The van der Waals surface area contributed by atoms with E-state index in [1.165, 1.54) is 30.6 Å². The van der Waals surface area contributed by atoms with Crippen LogP contribution in [0.15, 0.2) is 77.8 Å². The van der Waals surface area contributed by atoms with Gasteiger partial charge in [-0.15, -0.1) is 34.0 Å². The monoisotopic (exact) mass is 442 g/mol. The van der Waals surface area contributed by atoms with Crippen molar-refractivity contribution >= 4 is 46.2 Å². The molecule has 0 spiro atoms. The Labute approximate surface area is 187 Å². The maximum absolute atomic E-state index is 4.51. The molecule has 0 radical (unpaired) electrons. The van der Waals surface area contributed by atoms with Crippen LogP contribution in [0.3, 0.4) is 0 Å². The highest BCUT2D eigenvalue weighted by atomic mass is 32.1. The predicted octanol–water partition coefficient (Wildman–Crippen LogP) is 8.14. The van der Waals surface area contributed by atoms with Crippen molar-refractivity contribution in [2.75, 3.05) is 0 Å². The Morgan fingerprint density at radius 2 is 1.47 bits per heavy atom. The van der Waals surface area contributed by atoms with Crippen LogP contribution >= 0.6 is 34.0 Å². The van der Waals surface area contributed by atoms with Gasteiger partial charge in [-0.2, -0.15) is 0 Å². The topological polar surface area (TPSA) is 25.8 Å². The van der Waals surface area contributed by atoms with E-state index < -0.39 is 0 Å². The summed E-state index contributed by atoms with van der Waals surface area (Å²) in [4.78, 5) is 14.2. The Balaban J connectivity index is 1.50. The normalized spacial score (nSPS) is 11.4. The zero-order valence-corrected chi connectivity index (χ0v) is 18.7. The van der Waals surface area contributed by atoms with Gasteiger partial charge in [0.15, 0.2) is 0 Å². The first-order chi connectivity index (χ1) is 14.8.